The maximum atomic E-state index is 5.23. The number of aryl methyl sites for hydroxylation is 1. The normalized spacial score (nSPS) is 12.8. The van der Waals surface area contributed by atoms with E-state index in [2.05, 4.69) is 29.3 Å². The number of thiophene rings is 1. The van der Waals surface area contributed by atoms with Gasteiger partial charge in [-0.2, -0.15) is 16.3 Å². The van der Waals surface area contributed by atoms with Gasteiger partial charge in [0.25, 0.3) is 0 Å². The highest BCUT2D eigenvalue weighted by Gasteiger charge is 2.10. The largest absolute Gasteiger partial charge is 0.339 e. The molecule has 0 amide bonds. The average Bonchev–Trinajstić information content (AvgIpc) is 2.97. The molecule has 0 spiro atoms. The topological polar surface area (TPSA) is 51.0 Å². The van der Waals surface area contributed by atoms with Gasteiger partial charge in [0.05, 0.1) is 0 Å². The van der Waals surface area contributed by atoms with Crippen LogP contribution in [0, 0.1) is 0 Å². The molecule has 0 aliphatic heterocycles. The Labute approximate surface area is 105 Å². The van der Waals surface area contributed by atoms with Gasteiger partial charge in [-0.25, -0.2) is 0 Å². The van der Waals surface area contributed by atoms with Crippen LogP contribution in [0.15, 0.2) is 21.3 Å². The van der Waals surface area contributed by atoms with Crippen LogP contribution in [0.4, 0.5) is 0 Å². The molecule has 2 aromatic rings. The van der Waals surface area contributed by atoms with Crippen molar-refractivity contribution in [2.75, 3.05) is 6.54 Å². The highest BCUT2D eigenvalue weighted by atomic mass is 32.1. The van der Waals surface area contributed by atoms with Crippen LogP contribution < -0.4 is 5.32 Å². The first kappa shape index (κ1) is 12.3. The Hall–Kier alpha value is -1.20. The molecule has 0 aliphatic rings. The molecule has 0 radical (unpaired) electrons. The Morgan fingerprint density at radius 2 is 2.41 bits per heavy atom. The second-order valence-corrected chi connectivity index (χ2v) is 4.80. The molecule has 2 rings (SSSR count). The first-order valence-electron chi connectivity index (χ1n) is 5.88. The number of hydrogen-bond acceptors (Lipinski definition) is 5. The lowest BCUT2D eigenvalue weighted by Crippen LogP contribution is -2.25. The average molecular weight is 251 g/mol. The van der Waals surface area contributed by atoms with E-state index >= 15 is 0 Å². The summed E-state index contributed by atoms with van der Waals surface area (Å²) in [5.41, 5.74) is 1.03. The van der Waals surface area contributed by atoms with E-state index < -0.39 is 0 Å². The van der Waals surface area contributed by atoms with Gasteiger partial charge in [-0.05, 0) is 31.3 Å². The standard InChI is InChI=1S/C12H17N3OS/c1-3-13-9(2)4-5-11-14-12(15-16-11)10-6-7-17-8-10/h6-9,13H,3-5H2,1-2H3. The van der Waals surface area contributed by atoms with Crippen molar-refractivity contribution in [1.82, 2.24) is 15.5 Å². The van der Waals surface area contributed by atoms with Crippen LogP contribution in [-0.2, 0) is 6.42 Å². The highest BCUT2D eigenvalue weighted by Crippen LogP contribution is 2.19. The van der Waals surface area contributed by atoms with Gasteiger partial charge in [0.1, 0.15) is 0 Å². The molecule has 2 aromatic heterocycles. The lowest BCUT2D eigenvalue weighted by atomic mass is 10.2. The Bertz CT molecular complexity index is 438. The van der Waals surface area contributed by atoms with E-state index in [1.165, 1.54) is 0 Å². The Morgan fingerprint density at radius 3 is 3.12 bits per heavy atom. The van der Waals surface area contributed by atoms with Crippen molar-refractivity contribution in [3.63, 3.8) is 0 Å². The minimum Gasteiger partial charge on any atom is -0.339 e. The first-order valence-corrected chi connectivity index (χ1v) is 6.82. The van der Waals surface area contributed by atoms with Gasteiger partial charge in [-0.15, -0.1) is 0 Å². The van der Waals surface area contributed by atoms with E-state index in [1.807, 2.05) is 16.8 Å². The predicted octanol–water partition coefficient (Wildman–Crippen LogP) is 2.73. The van der Waals surface area contributed by atoms with Crippen molar-refractivity contribution in [3.05, 3.63) is 22.7 Å². The SMILES string of the molecule is CCNC(C)CCc1nc(-c2ccsc2)no1. The maximum absolute atomic E-state index is 5.23. The monoisotopic (exact) mass is 251 g/mol. The van der Waals surface area contributed by atoms with Crippen molar-refractivity contribution in [1.29, 1.82) is 0 Å². The summed E-state index contributed by atoms with van der Waals surface area (Å²) in [7, 11) is 0. The second kappa shape index (κ2) is 5.93. The fraction of sp³-hybridized carbons (Fsp3) is 0.500. The van der Waals surface area contributed by atoms with Crippen molar-refractivity contribution in [3.8, 4) is 11.4 Å². The van der Waals surface area contributed by atoms with Gasteiger partial charge in [-0.3, -0.25) is 0 Å². The van der Waals surface area contributed by atoms with Crippen LogP contribution in [0.5, 0.6) is 0 Å². The van der Waals surface area contributed by atoms with Gasteiger partial charge in [0.2, 0.25) is 11.7 Å². The van der Waals surface area contributed by atoms with E-state index in [9.17, 15) is 0 Å². The van der Waals surface area contributed by atoms with Gasteiger partial charge >= 0.3 is 0 Å². The molecule has 4 nitrogen and oxygen atoms in total. The van der Waals surface area contributed by atoms with Crippen LogP contribution in [0.25, 0.3) is 11.4 Å². The summed E-state index contributed by atoms with van der Waals surface area (Å²) in [6, 6.07) is 2.48. The zero-order valence-corrected chi connectivity index (χ0v) is 11.0. The first-order chi connectivity index (χ1) is 8.29. The Balaban J connectivity index is 1.91. The molecular formula is C12H17N3OS. The molecule has 2 heterocycles. The van der Waals surface area contributed by atoms with Crippen molar-refractivity contribution >= 4 is 11.3 Å². The van der Waals surface area contributed by atoms with Gasteiger partial charge in [0.15, 0.2) is 0 Å². The molecular weight excluding hydrogens is 234 g/mol. The number of hydrogen-bond donors (Lipinski definition) is 1. The molecule has 1 atom stereocenters. The zero-order chi connectivity index (χ0) is 12.1. The molecule has 0 saturated heterocycles. The van der Waals surface area contributed by atoms with Gasteiger partial charge in [0, 0.05) is 23.4 Å². The van der Waals surface area contributed by atoms with Gasteiger partial charge < -0.3 is 9.84 Å². The molecule has 0 fully saturated rings. The van der Waals surface area contributed by atoms with E-state index in [4.69, 9.17) is 4.52 Å². The number of aromatic nitrogens is 2. The van der Waals surface area contributed by atoms with Crippen molar-refractivity contribution < 1.29 is 4.52 Å². The summed E-state index contributed by atoms with van der Waals surface area (Å²) in [6.07, 6.45) is 1.84. The van der Waals surface area contributed by atoms with Gasteiger partial charge in [-0.1, -0.05) is 12.1 Å². The number of nitrogens with one attached hydrogen (secondary N) is 1. The molecule has 17 heavy (non-hydrogen) atoms. The lowest BCUT2D eigenvalue weighted by Gasteiger charge is -2.09. The summed E-state index contributed by atoms with van der Waals surface area (Å²) < 4.78 is 5.23. The molecule has 1 N–H and O–H groups in total. The molecule has 5 heteroatoms. The van der Waals surface area contributed by atoms with Crippen LogP contribution in [0.1, 0.15) is 26.2 Å². The summed E-state index contributed by atoms with van der Waals surface area (Å²) in [6.45, 7) is 5.27. The summed E-state index contributed by atoms with van der Waals surface area (Å²) >= 11 is 1.64. The van der Waals surface area contributed by atoms with Crippen LogP contribution in [0.3, 0.4) is 0 Å². The van der Waals surface area contributed by atoms with Crippen LogP contribution in [0.2, 0.25) is 0 Å². The third-order valence-electron chi connectivity index (χ3n) is 2.59. The predicted molar refractivity (Wildman–Crippen MR) is 69.1 cm³/mol. The van der Waals surface area contributed by atoms with Crippen molar-refractivity contribution in [2.24, 2.45) is 0 Å². The lowest BCUT2D eigenvalue weighted by molar-refractivity contribution is 0.368. The Kier molecular flexibility index (Phi) is 4.28. The minimum absolute atomic E-state index is 0.483. The molecule has 0 saturated carbocycles. The second-order valence-electron chi connectivity index (χ2n) is 4.02. The van der Waals surface area contributed by atoms with E-state index in [1.54, 1.807) is 11.3 Å². The fourth-order valence-electron chi connectivity index (χ4n) is 1.66. The number of rotatable bonds is 6. The third-order valence-corrected chi connectivity index (χ3v) is 3.27. The highest BCUT2D eigenvalue weighted by molar-refractivity contribution is 7.08. The Morgan fingerprint density at radius 1 is 1.53 bits per heavy atom. The molecule has 0 bridgehead atoms. The molecule has 0 aliphatic carbocycles. The third kappa shape index (κ3) is 3.38. The van der Waals surface area contributed by atoms with E-state index in [0.29, 0.717) is 11.9 Å². The summed E-state index contributed by atoms with van der Waals surface area (Å²) in [4.78, 5) is 4.39. The minimum atomic E-state index is 0.483. The quantitative estimate of drug-likeness (QED) is 0.857. The van der Waals surface area contributed by atoms with E-state index in [-0.39, 0.29) is 0 Å². The molecule has 0 aromatic carbocycles. The smallest absolute Gasteiger partial charge is 0.227 e. The summed E-state index contributed by atoms with van der Waals surface area (Å²) in [5.74, 6) is 1.41. The van der Waals surface area contributed by atoms with Crippen LogP contribution >= 0.6 is 11.3 Å². The number of nitrogens with zero attached hydrogens (tertiary/aromatic N) is 2. The maximum Gasteiger partial charge on any atom is 0.227 e. The molecule has 1 unspecified atom stereocenters. The van der Waals surface area contributed by atoms with Crippen molar-refractivity contribution in [2.45, 2.75) is 32.7 Å². The summed E-state index contributed by atoms with van der Waals surface area (Å²) in [5, 5.41) is 11.4. The molecule has 92 valence electrons. The van der Waals surface area contributed by atoms with Crippen LogP contribution in [-0.4, -0.2) is 22.7 Å². The van der Waals surface area contributed by atoms with E-state index in [0.717, 1.165) is 30.8 Å². The zero-order valence-electron chi connectivity index (χ0n) is 10.1. The fourth-order valence-corrected chi connectivity index (χ4v) is 2.29.